The Morgan fingerprint density at radius 1 is 0.553 bits per heavy atom. The summed E-state index contributed by atoms with van der Waals surface area (Å²) in [6, 6.07) is -2.60. The maximum absolute atomic E-state index is 13.1. The molecule has 4 amide bonds. The normalized spacial score (nSPS) is 13.4. The SMILES string of the molecule is CCCCCCCCCCCC(=O)N[C@@H](CCCN)C(=O)N[C@@H](CCCN)C(=O)N[C@@H](CCCN)C(N)=O. The number of primary amides is 1. The van der Waals surface area contributed by atoms with E-state index in [0.717, 1.165) is 19.3 Å². The molecule has 0 aromatic carbocycles. The van der Waals surface area contributed by atoms with Crippen molar-refractivity contribution in [1.82, 2.24) is 16.0 Å². The van der Waals surface area contributed by atoms with Gasteiger partial charge in [0.1, 0.15) is 18.1 Å². The monoisotopic (exact) mass is 541 g/mol. The van der Waals surface area contributed by atoms with Gasteiger partial charge in [0.25, 0.3) is 0 Å². The number of unbranched alkanes of at least 4 members (excludes halogenated alkanes) is 8. The lowest BCUT2D eigenvalue weighted by atomic mass is 10.0. The second-order valence-electron chi connectivity index (χ2n) is 10.0. The van der Waals surface area contributed by atoms with Crippen LogP contribution in [0, 0.1) is 0 Å². The van der Waals surface area contributed by atoms with Crippen molar-refractivity contribution in [3.8, 4) is 0 Å². The molecule has 0 aliphatic rings. The van der Waals surface area contributed by atoms with Crippen LogP contribution in [0.5, 0.6) is 0 Å². The predicted octanol–water partition coefficient (Wildman–Crippen LogP) is 1.06. The molecule has 0 saturated heterocycles. The van der Waals surface area contributed by atoms with E-state index in [1.807, 2.05) is 0 Å². The van der Waals surface area contributed by atoms with Crippen LogP contribution in [0.4, 0.5) is 0 Å². The van der Waals surface area contributed by atoms with E-state index < -0.39 is 35.8 Å². The van der Waals surface area contributed by atoms with E-state index in [1.165, 1.54) is 38.5 Å². The van der Waals surface area contributed by atoms with Gasteiger partial charge >= 0.3 is 0 Å². The third-order valence-electron chi connectivity index (χ3n) is 6.54. The minimum atomic E-state index is -0.916. The Kier molecular flexibility index (Phi) is 22.4. The van der Waals surface area contributed by atoms with E-state index in [1.54, 1.807) is 0 Å². The fraction of sp³-hybridized carbons (Fsp3) is 0.852. The summed E-state index contributed by atoms with van der Waals surface area (Å²) < 4.78 is 0. The van der Waals surface area contributed by atoms with Crippen molar-refractivity contribution in [2.24, 2.45) is 22.9 Å². The highest BCUT2D eigenvalue weighted by atomic mass is 16.2. The first-order chi connectivity index (χ1) is 18.3. The van der Waals surface area contributed by atoms with E-state index in [2.05, 4.69) is 22.9 Å². The Labute approximate surface area is 229 Å². The van der Waals surface area contributed by atoms with Gasteiger partial charge in [0.15, 0.2) is 0 Å². The molecule has 0 rings (SSSR count). The molecule has 11 heteroatoms. The smallest absolute Gasteiger partial charge is 0.243 e. The number of nitrogens with two attached hydrogens (primary N) is 4. The van der Waals surface area contributed by atoms with Crippen LogP contribution in [0.3, 0.4) is 0 Å². The zero-order valence-corrected chi connectivity index (χ0v) is 23.6. The Bertz CT molecular complexity index is 663. The van der Waals surface area contributed by atoms with E-state index in [9.17, 15) is 19.2 Å². The first-order valence-electron chi connectivity index (χ1n) is 14.6. The van der Waals surface area contributed by atoms with Crippen LogP contribution in [-0.2, 0) is 19.2 Å². The van der Waals surface area contributed by atoms with E-state index in [-0.39, 0.29) is 12.3 Å². The number of hydrogen-bond acceptors (Lipinski definition) is 7. The maximum atomic E-state index is 13.1. The Morgan fingerprint density at radius 3 is 1.39 bits per heavy atom. The number of carbonyl (C=O) groups excluding carboxylic acids is 4. The van der Waals surface area contributed by atoms with Gasteiger partial charge in [-0.3, -0.25) is 19.2 Å². The summed E-state index contributed by atoms with van der Waals surface area (Å²) in [5.74, 6) is -1.84. The molecule has 38 heavy (non-hydrogen) atoms. The van der Waals surface area contributed by atoms with Crippen molar-refractivity contribution in [1.29, 1.82) is 0 Å². The highest BCUT2D eigenvalue weighted by Gasteiger charge is 2.28. The lowest BCUT2D eigenvalue weighted by molar-refractivity contribution is -0.133. The summed E-state index contributed by atoms with van der Waals surface area (Å²) in [5.41, 5.74) is 22.2. The molecular formula is C27H55N7O4. The van der Waals surface area contributed by atoms with Crippen LogP contribution in [0.15, 0.2) is 0 Å². The molecule has 11 nitrogen and oxygen atoms in total. The van der Waals surface area contributed by atoms with Gasteiger partial charge in [-0.1, -0.05) is 58.3 Å². The second-order valence-corrected chi connectivity index (χ2v) is 10.0. The highest BCUT2D eigenvalue weighted by molar-refractivity contribution is 5.93. The van der Waals surface area contributed by atoms with Gasteiger partial charge < -0.3 is 38.9 Å². The van der Waals surface area contributed by atoms with E-state index in [0.29, 0.717) is 58.2 Å². The van der Waals surface area contributed by atoms with Gasteiger partial charge in [0.05, 0.1) is 0 Å². The second kappa shape index (κ2) is 23.8. The van der Waals surface area contributed by atoms with Crippen molar-refractivity contribution in [2.75, 3.05) is 19.6 Å². The zero-order chi connectivity index (χ0) is 28.6. The molecule has 0 saturated carbocycles. The molecule has 3 atom stereocenters. The lowest BCUT2D eigenvalue weighted by Crippen LogP contribution is -2.56. The molecule has 222 valence electrons. The van der Waals surface area contributed by atoms with Crippen LogP contribution in [0.2, 0.25) is 0 Å². The number of rotatable bonds is 25. The minimum absolute atomic E-state index is 0.191. The summed E-state index contributed by atoms with van der Waals surface area (Å²) in [6.07, 6.45) is 13.2. The summed E-state index contributed by atoms with van der Waals surface area (Å²) in [4.78, 5) is 50.3. The molecule has 0 aliphatic carbocycles. The fourth-order valence-electron chi connectivity index (χ4n) is 4.20. The van der Waals surface area contributed by atoms with Gasteiger partial charge in [0.2, 0.25) is 23.6 Å². The fourth-order valence-corrected chi connectivity index (χ4v) is 4.20. The maximum Gasteiger partial charge on any atom is 0.243 e. The number of carbonyl (C=O) groups is 4. The molecule has 11 N–H and O–H groups in total. The lowest BCUT2D eigenvalue weighted by Gasteiger charge is -2.25. The number of hydrogen-bond donors (Lipinski definition) is 7. The Balaban J connectivity index is 4.89. The third-order valence-corrected chi connectivity index (χ3v) is 6.54. The summed E-state index contributed by atoms with van der Waals surface area (Å²) in [5, 5.41) is 8.16. The molecular weight excluding hydrogens is 486 g/mol. The third kappa shape index (κ3) is 18.1. The number of amides is 4. The summed E-state index contributed by atoms with van der Waals surface area (Å²) >= 11 is 0. The quantitative estimate of drug-likeness (QED) is 0.0835. The van der Waals surface area contributed by atoms with Crippen LogP contribution < -0.4 is 38.9 Å². The molecule has 0 bridgehead atoms. The van der Waals surface area contributed by atoms with Crippen molar-refractivity contribution in [2.45, 2.75) is 128 Å². The Hall–Kier alpha value is -2.24. The largest absolute Gasteiger partial charge is 0.368 e. The molecule has 0 radical (unpaired) electrons. The Morgan fingerprint density at radius 2 is 0.947 bits per heavy atom. The molecule has 0 unspecified atom stereocenters. The van der Waals surface area contributed by atoms with Gasteiger partial charge in [-0.2, -0.15) is 0 Å². The summed E-state index contributed by atoms with van der Waals surface area (Å²) in [6.45, 7) is 3.27. The first kappa shape index (κ1) is 35.8. The van der Waals surface area contributed by atoms with Gasteiger partial charge in [-0.05, 0) is 64.6 Å². The van der Waals surface area contributed by atoms with Crippen molar-refractivity contribution < 1.29 is 19.2 Å². The zero-order valence-electron chi connectivity index (χ0n) is 23.6. The van der Waals surface area contributed by atoms with E-state index >= 15 is 0 Å². The molecule has 0 heterocycles. The van der Waals surface area contributed by atoms with Crippen molar-refractivity contribution in [3.63, 3.8) is 0 Å². The average Bonchev–Trinajstić information content (AvgIpc) is 2.89. The molecule has 0 aliphatic heterocycles. The molecule has 0 aromatic heterocycles. The van der Waals surface area contributed by atoms with Crippen LogP contribution in [0.1, 0.15) is 110 Å². The van der Waals surface area contributed by atoms with Crippen LogP contribution in [0.25, 0.3) is 0 Å². The number of nitrogens with one attached hydrogen (secondary N) is 3. The average molecular weight is 542 g/mol. The predicted molar refractivity (Wildman–Crippen MR) is 152 cm³/mol. The standard InChI is InChI=1S/C27H55N7O4/c1-2-3-4-5-6-7-8-9-10-17-24(35)32-22(15-12-19-29)26(37)34-23(16-13-20-30)27(38)33-21(25(31)36)14-11-18-28/h21-23H,2-20,28-30H2,1H3,(H2,31,36)(H,32,35)(H,33,38)(H,34,37)/t21-,22-,23-/m0/s1. The topological polar surface area (TPSA) is 208 Å². The summed E-state index contributed by atoms with van der Waals surface area (Å²) in [7, 11) is 0. The van der Waals surface area contributed by atoms with Crippen LogP contribution in [-0.4, -0.2) is 61.4 Å². The molecule has 0 fully saturated rings. The van der Waals surface area contributed by atoms with Gasteiger partial charge in [-0.15, -0.1) is 0 Å². The van der Waals surface area contributed by atoms with Gasteiger partial charge in [-0.25, -0.2) is 0 Å². The highest BCUT2D eigenvalue weighted by Crippen LogP contribution is 2.11. The minimum Gasteiger partial charge on any atom is -0.368 e. The van der Waals surface area contributed by atoms with E-state index in [4.69, 9.17) is 22.9 Å². The first-order valence-corrected chi connectivity index (χ1v) is 14.6. The molecule has 0 aromatic rings. The van der Waals surface area contributed by atoms with Crippen LogP contribution >= 0.6 is 0 Å². The molecule has 0 spiro atoms. The van der Waals surface area contributed by atoms with Crippen molar-refractivity contribution >= 4 is 23.6 Å². The van der Waals surface area contributed by atoms with Gasteiger partial charge in [0, 0.05) is 6.42 Å². The van der Waals surface area contributed by atoms with Crippen molar-refractivity contribution in [3.05, 3.63) is 0 Å².